The SMILES string of the molecule is C[C@H](Cn1cncn1)NC(=O)c1cnccc1NC(=O)OC(C)(C)C. The topological polar surface area (TPSA) is 111 Å². The van der Waals surface area contributed by atoms with Crippen LogP contribution in [-0.2, 0) is 11.3 Å². The van der Waals surface area contributed by atoms with Gasteiger partial charge in [0.15, 0.2) is 0 Å². The zero-order chi connectivity index (χ0) is 18.4. The maximum Gasteiger partial charge on any atom is 0.412 e. The van der Waals surface area contributed by atoms with E-state index in [1.54, 1.807) is 37.8 Å². The van der Waals surface area contributed by atoms with Crippen LogP contribution in [0.2, 0.25) is 0 Å². The summed E-state index contributed by atoms with van der Waals surface area (Å²) in [4.78, 5) is 32.2. The average Bonchev–Trinajstić information content (AvgIpc) is 2.98. The minimum atomic E-state index is -0.636. The molecule has 2 N–H and O–H groups in total. The smallest absolute Gasteiger partial charge is 0.412 e. The molecule has 9 nitrogen and oxygen atoms in total. The van der Waals surface area contributed by atoms with Crippen molar-refractivity contribution in [2.24, 2.45) is 0 Å². The number of carbonyl (C=O) groups excluding carboxylic acids is 2. The molecule has 0 radical (unpaired) electrons. The van der Waals surface area contributed by atoms with Crippen molar-refractivity contribution in [3.63, 3.8) is 0 Å². The monoisotopic (exact) mass is 346 g/mol. The van der Waals surface area contributed by atoms with Crippen LogP contribution < -0.4 is 10.6 Å². The van der Waals surface area contributed by atoms with Gasteiger partial charge >= 0.3 is 6.09 Å². The summed E-state index contributed by atoms with van der Waals surface area (Å²) in [6.45, 7) is 7.60. The Balaban J connectivity index is 2.03. The molecule has 0 bridgehead atoms. The van der Waals surface area contributed by atoms with Crippen molar-refractivity contribution in [2.45, 2.75) is 45.9 Å². The molecule has 2 heterocycles. The third-order valence-corrected chi connectivity index (χ3v) is 3.01. The summed E-state index contributed by atoms with van der Waals surface area (Å²) >= 11 is 0. The van der Waals surface area contributed by atoms with Crippen molar-refractivity contribution in [3.05, 3.63) is 36.7 Å². The minimum Gasteiger partial charge on any atom is -0.444 e. The molecule has 134 valence electrons. The first kappa shape index (κ1) is 18.4. The molecule has 2 rings (SSSR count). The summed E-state index contributed by atoms with van der Waals surface area (Å²) in [5.74, 6) is -0.355. The molecule has 1 atom stereocenters. The number of hydrogen-bond donors (Lipinski definition) is 2. The van der Waals surface area contributed by atoms with Crippen molar-refractivity contribution in [3.8, 4) is 0 Å². The molecule has 0 aliphatic carbocycles. The molecule has 0 unspecified atom stereocenters. The minimum absolute atomic E-state index is 0.191. The number of hydrogen-bond acceptors (Lipinski definition) is 6. The van der Waals surface area contributed by atoms with Gasteiger partial charge in [0.1, 0.15) is 18.3 Å². The lowest BCUT2D eigenvalue weighted by atomic mass is 10.2. The van der Waals surface area contributed by atoms with Gasteiger partial charge in [0.05, 0.1) is 17.8 Å². The summed E-state index contributed by atoms with van der Waals surface area (Å²) in [5, 5.41) is 9.41. The van der Waals surface area contributed by atoms with Crippen LogP contribution in [0.3, 0.4) is 0 Å². The highest BCUT2D eigenvalue weighted by molar-refractivity contribution is 6.02. The predicted octanol–water partition coefficient (Wildman–Crippen LogP) is 1.84. The molecule has 0 saturated carbocycles. The first-order chi connectivity index (χ1) is 11.7. The highest BCUT2D eigenvalue weighted by Gasteiger charge is 2.20. The van der Waals surface area contributed by atoms with Gasteiger partial charge in [-0.25, -0.2) is 9.78 Å². The molecule has 0 aliphatic rings. The summed E-state index contributed by atoms with van der Waals surface area (Å²) < 4.78 is 6.83. The molecule has 2 aromatic heterocycles. The second-order valence-corrected chi connectivity index (χ2v) is 6.54. The first-order valence-corrected chi connectivity index (χ1v) is 7.82. The maximum absolute atomic E-state index is 12.5. The van der Waals surface area contributed by atoms with Crippen LogP contribution in [0.4, 0.5) is 10.5 Å². The number of rotatable bonds is 5. The lowest BCUT2D eigenvalue weighted by molar-refractivity contribution is 0.0636. The number of aromatic nitrogens is 4. The third kappa shape index (κ3) is 5.87. The number of anilines is 1. The highest BCUT2D eigenvalue weighted by Crippen LogP contribution is 2.16. The summed E-state index contributed by atoms with van der Waals surface area (Å²) in [6, 6.07) is 1.35. The standard InChI is InChI=1S/C16H22N6O3/c1-11(8-22-10-18-9-19-22)20-14(23)12-7-17-6-5-13(12)21-15(24)25-16(2,3)4/h5-7,9-11H,8H2,1-4H3,(H,20,23)(H,17,21,24)/t11-/m1/s1. The van der Waals surface area contributed by atoms with Crippen LogP contribution in [-0.4, -0.2) is 43.4 Å². The van der Waals surface area contributed by atoms with Crippen molar-refractivity contribution in [1.29, 1.82) is 0 Å². The fourth-order valence-electron chi connectivity index (χ4n) is 2.05. The Hall–Kier alpha value is -2.97. The number of ether oxygens (including phenoxy) is 1. The molecule has 25 heavy (non-hydrogen) atoms. The Morgan fingerprint density at radius 3 is 2.72 bits per heavy atom. The number of nitrogens with one attached hydrogen (secondary N) is 2. The van der Waals surface area contributed by atoms with Crippen molar-refractivity contribution in [2.75, 3.05) is 5.32 Å². The van der Waals surface area contributed by atoms with E-state index in [0.717, 1.165) is 0 Å². The summed E-state index contributed by atoms with van der Waals surface area (Å²) in [6.07, 6.45) is 5.25. The Morgan fingerprint density at radius 1 is 1.32 bits per heavy atom. The van der Waals surface area contributed by atoms with Gasteiger partial charge in [-0.3, -0.25) is 19.8 Å². The van der Waals surface area contributed by atoms with Gasteiger partial charge in [0.2, 0.25) is 0 Å². The zero-order valence-electron chi connectivity index (χ0n) is 14.7. The number of amides is 2. The van der Waals surface area contributed by atoms with Crippen LogP contribution in [0.5, 0.6) is 0 Å². The second-order valence-electron chi connectivity index (χ2n) is 6.54. The fraction of sp³-hybridized carbons (Fsp3) is 0.438. The van der Waals surface area contributed by atoms with Crippen molar-refractivity contribution < 1.29 is 14.3 Å². The average molecular weight is 346 g/mol. The Labute approximate surface area is 145 Å². The lowest BCUT2D eigenvalue weighted by Crippen LogP contribution is -2.36. The van der Waals surface area contributed by atoms with E-state index in [-0.39, 0.29) is 17.5 Å². The van der Waals surface area contributed by atoms with Crippen LogP contribution in [0.15, 0.2) is 31.1 Å². The molecular formula is C16H22N6O3. The van der Waals surface area contributed by atoms with Gasteiger partial charge in [-0.15, -0.1) is 0 Å². The molecule has 0 aliphatic heterocycles. The molecule has 0 fully saturated rings. The Morgan fingerprint density at radius 2 is 2.08 bits per heavy atom. The van der Waals surface area contributed by atoms with Crippen LogP contribution in [0.1, 0.15) is 38.1 Å². The van der Waals surface area contributed by atoms with E-state index in [1.165, 1.54) is 18.7 Å². The van der Waals surface area contributed by atoms with E-state index < -0.39 is 11.7 Å². The Kier molecular flexibility index (Phi) is 5.68. The molecular weight excluding hydrogens is 324 g/mol. The van der Waals surface area contributed by atoms with E-state index in [4.69, 9.17) is 4.74 Å². The molecule has 0 spiro atoms. The van der Waals surface area contributed by atoms with E-state index >= 15 is 0 Å². The van der Waals surface area contributed by atoms with E-state index in [2.05, 4.69) is 25.7 Å². The third-order valence-electron chi connectivity index (χ3n) is 3.01. The number of nitrogens with zero attached hydrogens (tertiary/aromatic N) is 4. The van der Waals surface area contributed by atoms with Gasteiger partial charge in [0, 0.05) is 18.4 Å². The molecule has 9 heteroatoms. The summed E-state index contributed by atoms with van der Waals surface area (Å²) in [5.41, 5.74) is -0.0558. The van der Waals surface area contributed by atoms with Crippen LogP contribution in [0, 0.1) is 0 Å². The largest absolute Gasteiger partial charge is 0.444 e. The zero-order valence-corrected chi connectivity index (χ0v) is 14.7. The van der Waals surface area contributed by atoms with Gasteiger partial charge < -0.3 is 10.1 Å². The fourth-order valence-corrected chi connectivity index (χ4v) is 2.05. The van der Waals surface area contributed by atoms with E-state index in [1.807, 2.05) is 6.92 Å². The van der Waals surface area contributed by atoms with Gasteiger partial charge in [-0.2, -0.15) is 5.10 Å². The van der Waals surface area contributed by atoms with E-state index in [0.29, 0.717) is 12.2 Å². The van der Waals surface area contributed by atoms with Gasteiger partial charge in [-0.1, -0.05) is 0 Å². The summed E-state index contributed by atoms with van der Waals surface area (Å²) in [7, 11) is 0. The normalized spacial score (nSPS) is 12.3. The molecule has 2 aromatic rings. The predicted molar refractivity (Wildman–Crippen MR) is 91.0 cm³/mol. The van der Waals surface area contributed by atoms with Crippen molar-refractivity contribution >= 4 is 17.7 Å². The van der Waals surface area contributed by atoms with Gasteiger partial charge in [0.25, 0.3) is 5.91 Å². The van der Waals surface area contributed by atoms with Crippen LogP contribution >= 0.6 is 0 Å². The first-order valence-electron chi connectivity index (χ1n) is 7.82. The second kappa shape index (κ2) is 7.73. The highest BCUT2D eigenvalue weighted by atomic mass is 16.6. The lowest BCUT2D eigenvalue weighted by Gasteiger charge is -2.20. The van der Waals surface area contributed by atoms with Gasteiger partial charge in [-0.05, 0) is 33.8 Å². The molecule has 0 aromatic carbocycles. The van der Waals surface area contributed by atoms with Crippen LogP contribution in [0.25, 0.3) is 0 Å². The number of carbonyl (C=O) groups is 2. The molecule has 0 saturated heterocycles. The Bertz CT molecular complexity index is 724. The number of pyridine rings is 1. The van der Waals surface area contributed by atoms with E-state index in [9.17, 15) is 9.59 Å². The molecule has 2 amide bonds. The van der Waals surface area contributed by atoms with Crippen molar-refractivity contribution in [1.82, 2.24) is 25.1 Å². The quantitative estimate of drug-likeness (QED) is 0.854. The maximum atomic E-state index is 12.5.